The lowest BCUT2D eigenvalue weighted by Gasteiger charge is -2.02. The van der Waals surface area contributed by atoms with Crippen molar-refractivity contribution < 1.29 is 14.4 Å². The molecule has 0 aliphatic rings. The summed E-state index contributed by atoms with van der Waals surface area (Å²) in [6.45, 7) is 3.43. The van der Waals surface area contributed by atoms with Gasteiger partial charge in [-0.2, -0.15) is 11.8 Å². The molecule has 0 saturated heterocycles. The molecule has 0 aliphatic heterocycles. The highest BCUT2D eigenvalue weighted by Crippen LogP contribution is 2.01. The molecule has 0 spiro atoms. The number of rotatable bonds is 8. The van der Waals surface area contributed by atoms with Crippen LogP contribution in [-0.2, 0) is 14.4 Å². The third kappa shape index (κ3) is 11.1. The highest BCUT2D eigenvalue weighted by Gasteiger charge is 2.02. The molecule has 0 fully saturated rings. The Kier molecular flexibility index (Phi) is 7.99. The van der Waals surface area contributed by atoms with E-state index in [0.717, 1.165) is 0 Å². The van der Waals surface area contributed by atoms with Crippen LogP contribution in [0.4, 0.5) is 0 Å². The molecule has 0 aromatic rings. The maximum atomic E-state index is 11.1. The zero-order valence-electron chi connectivity index (χ0n) is 9.17. The number of nitrogens with one attached hydrogen (secondary N) is 1. The zero-order valence-corrected chi connectivity index (χ0v) is 9.99. The van der Waals surface area contributed by atoms with Crippen LogP contribution < -0.4 is 5.32 Å². The van der Waals surface area contributed by atoms with Gasteiger partial charge in [-0.15, -0.1) is 0 Å². The van der Waals surface area contributed by atoms with Crippen LogP contribution in [0.5, 0.6) is 0 Å². The van der Waals surface area contributed by atoms with Crippen LogP contribution in [0.3, 0.4) is 0 Å². The second-order valence-corrected chi connectivity index (χ2v) is 4.41. The van der Waals surface area contributed by atoms with Crippen molar-refractivity contribution in [2.75, 3.05) is 18.1 Å². The fraction of sp³-hybridized carbons (Fsp3) is 0.700. The summed E-state index contributed by atoms with van der Waals surface area (Å²) in [6, 6.07) is 0. The first-order chi connectivity index (χ1) is 7.02. The predicted molar refractivity (Wildman–Crippen MR) is 60.9 cm³/mol. The number of thioether (sulfide) groups is 1. The van der Waals surface area contributed by atoms with Crippen molar-refractivity contribution in [1.29, 1.82) is 0 Å². The van der Waals surface area contributed by atoms with Crippen molar-refractivity contribution in [2.45, 2.75) is 26.7 Å². The van der Waals surface area contributed by atoms with Gasteiger partial charge in [0.2, 0.25) is 5.91 Å². The first-order valence-electron chi connectivity index (χ1n) is 4.85. The van der Waals surface area contributed by atoms with E-state index in [0.29, 0.717) is 30.9 Å². The summed E-state index contributed by atoms with van der Waals surface area (Å²) >= 11 is 1.45. The summed E-state index contributed by atoms with van der Waals surface area (Å²) in [7, 11) is 0. The Hall–Kier alpha value is -0.840. The molecule has 0 atom stereocenters. The van der Waals surface area contributed by atoms with Gasteiger partial charge in [0.25, 0.3) is 0 Å². The SMILES string of the molecule is CC(=O)CCNC(=O)CCSCC(C)=O. The normalized spacial score (nSPS) is 9.73. The van der Waals surface area contributed by atoms with E-state index in [-0.39, 0.29) is 17.5 Å². The fourth-order valence-electron chi connectivity index (χ4n) is 0.847. The average molecular weight is 231 g/mol. The Bertz CT molecular complexity index is 241. The van der Waals surface area contributed by atoms with Gasteiger partial charge in [-0.05, 0) is 13.8 Å². The number of Topliss-reactive ketones (excluding diaryl/α,β-unsaturated/α-hetero) is 2. The topological polar surface area (TPSA) is 63.2 Å². The molecular weight excluding hydrogens is 214 g/mol. The van der Waals surface area contributed by atoms with Crippen LogP contribution in [0.25, 0.3) is 0 Å². The van der Waals surface area contributed by atoms with E-state index < -0.39 is 0 Å². The van der Waals surface area contributed by atoms with Crippen molar-refractivity contribution in [3.63, 3.8) is 0 Å². The quantitative estimate of drug-likeness (QED) is 0.627. The Balaban J connectivity index is 3.33. The molecule has 0 rings (SSSR count). The van der Waals surface area contributed by atoms with Gasteiger partial charge in [-0.25, -0.2) is 0 Å². The van der Waals surface area contributed by atoms with Gasteiger partial charge in [0, 0.05) is 25.1 Å². The van der Waals surface area contributed by atoms with E-state index in [1.807, 2.05) is 0 Å². The molecule has 5 heteroatoms. The third-order valence-corrected chi connectivity index (χ3v) is 2.68. The fourth-order valence-corrected chi connectivity index (χ4v) is 1.61. The third-order valence-electron chi connectivity index (χ3n) is 1.58. The van der Waals surface area contributed by atoms with E-state index in [1.54, 1.807) is 0 Å². The van der Waals surface area contributed by atoms with E-state index in [9.17, 15) is 14.4 Å². The van der Waals surface area contributed by atoms with Crippen LogP contribution in [-0.4, -0.2) is 35.5 Å². The van der Waals surface area contributed by atoms with Crippen molar-refractivity contribution in [2.24, 2.45) is 0 Å². The largest absolute Gasteiger partial charge is 0.356 e. The number of amides is 1. The van der Waals surface area contributed by atoms with Crippen LogP contribution >= 0.6 is 11.8 Å². The average Bonchev–Trinajstić information content (AvgIpc) is 2.11. The summed E-state index contributed by atoms with van der Waals surface area (Å²) in [4.78, 5) is 32.3. The molecule has 1 amide bonds. The molecule has 0 unspecified atom stereocenters. The maximum Gasteiger partial charge on any atom is 0.220 e. The standard InChI is InChI=1S/C10H17NO3S/c1-8(12)3-5-11-10(14)4-6-15-7-9(2)13/h3-7H2,1-2H3,(H,11,14). The number of carbonyl (C=O) groups is 3. The number of hydrogen-bond acceptors (Lipinski definition) is 4. The number of carbonyl (C=O) groups excluding carboxylic acids is 3. The van der Waals surface area contributed by atoms with Crippen LogP contribution in [0.2, 0.25) is 0 Å². The smallest absolute Gasteiger partial charge is 0.220 e. The summed E-state index contributed by atoms with van der Waals surface area (Å²) in [5.41, 5.74) is 0. The first-order valence-corrected chi connectivity index (χ1v) is 6.01. The van der Waals surface area contributed by atoms with Gasteiger partial charge >= 0.3 is 0 Å². The molecule has 0 bridgehead atoms. The lowest BCUT2D eigenvalue weighted by Crippen LogP contribution is -2.25. The molecule has 0 aliphatic carbocycles. The van der Waals surface area contributed by atoms with Crippen molar-refractivity contribution in [1.82, 2.24) is 5.32 Å². The first kappa shape index (κ1) is 14.2. The summed E-state index contributed by atoms with van der Waals surface area (Å²) in [5.74, 6) is 1.23. The van der Waals surface area contributed by atoms with Crippen molar-refractivity contribution >= 4 is 29.2 Å². The molecule has 0 aromatic heterocycles. The van der Waals surface area contributed by atoms with E-state index >= 15 is 0 Å². The second kappa shape index (κ2) is 8.47. The minimum absolute atomic E-state index is 0.0627. The molecule has 0 heterocycles. The zero-order chi connectivity index (χ0) is 11.7. The van der Waals surface area contributed by atoms with Gasteiger partial charge in [0.1, 0.15) is 11.6 Å². The van der Waals surface area contributed by atoms with Gasteiger partial charge in [0.05, 0.1) is 5.75 Å². The van der Waals surface area contributed by atoms with Crippen molar-refractivity contribution in [3.8, 4) is 0 Å². The van der Waals surface area contributed by atoms with Crippen LogP contribution in [0.1, 0.15) is 26.7 Å². The molecule has 0 saturated carbocycles. The van der Waals surface area contributed by atoms with E-state index in [2.05, 4.69) is 5.32 Å². The Labute approximate surface area is 94.2 Å². The monoisotopic (exact) mass is 231 g/mol. The minimum Gasteiger partial charge on any atom is -0.356 e. The number of ketones is 2. The molecular formula is C10H17NO3S. The number of hydrogen-bond donors (Lipinski definition) is 1. The van der Waals surface area contributed by atoms with Crippen LogP contribution in [0, 0.1) is 0 Å². The molecule has 4 nitrogen and oxygen atoms in total. The Morgan fingerprint density at radius 2 is 1.73 bits per heavy atom. The minimum atomic E-state index is -0.0627. The second-order valence-electron chi connectivity index (χ2n) is 3.31. The van der Waals surface area contributed by atoms with Gasteiger partial charge in [0.15, 0.2) is 0 Å². The van der Waals surface area contributed by atoms with Gasteiger partial charge in [-0.3, -0.25) is 14.4 Å². The highest BCUT2D eigenvalue weighted by molar-refractivity contribution is 7.99. The molecule has 0 radical (unpaired) electrons. The summed E-state index contributed by atoms with van der Waals surface area (Å²) in [5, 5.41) is 2.64. The Morgan fingerprint density at radius 3 is 2.27 bits per heavy atom. The Morgan fingerprint density at radius 1 is 1.07 bits per heavy atom. The van der Waals surface area contributed by atoms with E-state index in [1.165, 1.54) is 25.6 Å². The van der Waals surface area contributed by atoms with Gasteiger partial charge in [-0.1, -0.05) is 0 Å². The van der Waals surface area contributed by atoms with E-state index in [4.69, 9.17) is 0 Å². The highest BCUT2D eigenvalue weighted by atomic mass is 32.2. The predicted octanol–water partition coefficient (Wildman–Crippen LogP) is 0.794. The molecule has 0 aromatic carbocycles. The summed E-state index contributed by atoms with van der Waals surface area (Å²) in [6.07, 6.45) is 0.780. The van der Waals surface area contributed by atoms with Crippen molar-refractivity contribution in [3.05, 3.63) is 0 Å². The van der Waals surface area contributed by atoms with Gasteiger partial charge < -0.3 is 5.32 Å². The molecule has 1 N–H and O–H groups in total. The molecule has 86 valence electrons. The lowest BCUT2D eigenvalue weighted by molar-refractivity contribution is -0.121. The summed E-state index contributed by atoms with van der Waals surface area (Å²) < 4.78 is 0. The maximum absolute atomic E-state index is 11.1. The lowest BCUT2D eigenvalue weighted by atomic mass is 10.3. The molecule has 15 heavy (non-hydrogen) atoms. The van der Waals surface area contributed by atoms with Crippen LogP contribution in [0.15, 0.2) is 0 Å².